The highest BCUT2D eigenvalue weighted by Gasteiger charge is 2.27. The van der Waals surface area contributed by atoms with Gasteiger partial charge >= 0.3 is 0 Å². The van der Waals surface area contributed by atoms with Gasteiger partial charge in [0.25, 0.3) is 0 Å². The van der Waals surface area contributed by atoms with Gasteiger partial charge in [-0.2, -0.15) is 0 Å². The van der Waals surface area contributed by atoms with Crippen molar-refractivity contribution < 1.29 is 4.79 Å². The van der Waals surface area contributed by atoms with E-state index in [1.54, 1.807) is 0 Å². The second kappa shape index (κ2) is 4.59. The van der Waals surface area contributed by atoms with Crippen LogP contribution in [0.15, 0.2) is 24.3 Å². The third kappa shape index (κ3) is 2.26. The Morgan fingerprint density at radius 1 is 1.29 bits per heavy atom. The van der Waals surface area contributed by atoms with E-state index in [0.29, 0.717) is 12.3 Å². The van der Waals surface area contributed by atoms with Crippen molar-refractivity contribution >= 4 is 5.78 Å². The Kier molecular flexibility index (Phi) is 2.95. The fraction of sp³-hybridized carbons (Fsp3) is 0.500. The van der Waals surface area contributed by atoms with Gasteiger partial charge in [-0.3, -0.25) is 9.69 Å². The highest BCUT2D eigenvalue weighted by Crippen LogP contribution is 2.18. The van der Waals surface area contributed by atoms with Gasteiger partial charge < -0.3 is 5.32 Å². The first-order valence-electron chi connectivity index (χ1n) is 6.35. The molecule has 2 aliphatic heterocycles. The molecule has 0 amide bonds. The van der Waals surface area contributed by atoms with Crippen LogP contribution in [0.25, 0.3) is 0 Å². The molecule has 0 saturated carbocycles. The summed E-state index contributed by atoms with van der Waals surface area (Å²) in [6.07, 6.45) is 1.08. The first-order valence-corrected chi connectivity index (χ1v) is 6.35. The minimum Gasteiger partial charge on any atom is -0.315 e. The van der Waals surface area contributed by atoms with Crippen molar-refractivity contribution in [3.63, 3.8) is 0 Å². The average Bonchev–Trinajstić information content (AvgIpc) is 2.26. The SMILES string of the molecule is O=C(CN1CCc2ccccc2C1)C1CNC1. The summed E-state index contributed by atoms with van der Waals surface area (Å²) in [6.45, 7) is 4.33. The smallest absolute Gasteiger partial charge is 0.152 e. The van der Waals surface area contributed by atoms with Gasteiger partial charge in [0, 0.05) is 32.1 Å². The number of hydrogen-bond donors (Lipinski definition) is 1. The summed E-state index contributed by atoms with van der Waals surface area (Å²) in [7, 11) is 0. The number of hydrogen-bond acceptors (Lipinski definition) is 3. The number of nitrogens with zero attached hydrogens (tertiary/aromatic N) is 1. The fourth-order valence-electron chi connectivity index (χ4n) is 2.55. The molecule has 3 rings (SSSR count). The van der Waals surface area contributed by atoms with Gasteiger partial charge in [0.15, 0.2) is 5.78 Å². The Labute approximate surface area is 102 Å². The largest absolute Gasteiger partial charge is 0.315 e. The van der Waals surface area contributed by atoms with Crippen LogP contribution in [0.1, 0.15) is 11.1 Å². The second-order valence-electron chi connectivity index (χ2n) is 5.05. The summed E-state index contributed by atoms with van der Waals surface area (Å²) in [5.41, 5.74) is 2.83. The summed E-state index contributed by atoms with van der Waals surface area (Å²) in [4.78, 5) is 14.2. The molecule has 3 nitrogen and oxygen atoms in total. The van der Waals surface area contributed by atoms with Gasteiger partial charge in [0.05, 0.1) is 6.54 Å². The van der Waals surface area contributed by atoms with Crippen molar-refractivity contribution in [1.82, 2.24) is 10.2 Å². The van der Waals surface area contributed by atoms with E-state index >= 15 is 0 Å². The molecule has 0 unspecified atom stereocenters. The van der Waals surface area contributed by atoms with Crippen LogP contribution >= 0.6 is 0 Å². The molecular formula is C14H18N2O. The highest BCUT2D eigenvalue weighted by molar-refractivity contribution is 5.84. The van der Waals surface area contributed by atoms with Crippen LogP contribution in [0.5, 0.6) is 0 Å². The van der Waals surface area contributed by atoms with E-state index in [1.807, 2.05) is 0 Å². The predicted octanol–water partition coefficient (Wildman–Crippen LogP) is 0.833. The summed E-state index contributed by atoms with van der Waals surface area (Å²) in [6, 6.07) is 8.56. The summed E-state index contributed by atoms with van der Waals surface area (Å²) >= 11 is 0. The zero-order valence-electron chi connectivity index (χ0n) is 9.98. The van der Waals surface area contributed by atoms with E-state index in [0.717, 1.165) is 32.6 Å². The molecule has 0 aromatic heterocycles. The fourth-order valence-corrected chi connectivity index (χ4v) is 2.55. The lowest BCUT2D eigenvalue weighted by atomic mass is 9.95. The lowest BCUT2D eigenvalue weighted by Gasteiger charge is -2.31. The zero-order valence-corrected chi connectivity index (χ0v) is 9.98. The number of benzene rings is 1. The molecule has 90 valence electrons. The monoisotopic (exact) mass is 230 g/mol. The van der Waals surface area contributed by atoms with E-state index in [1.165, 1.54) is 11.1 Å². The lowest BCUT2D eigenvalue weighted by molar-refractivity contribution is -0.125. The molecule has 1 N–H and O–H groups in total. The molecule has 0 spiro atoms. The van der Waals surface area contributed by atoms with Crippen LogP contribution in [0.2, 0.25) is 0 Å². The summed E-state index contributed by atoms with van der Waals surface area (Å²) in [5.74, 6) is 0.676. The van der Waals surface area contributed by atoms with Gasteiger partial charge in [-0.15, -0.1) is 0 Å². The van der Waals surface area contributed by atoms with E-state index < -0.39 is 0 Å². The van der Waals surface area contributed by atoms with Crippen LogP contribution in [0.3, 0.4) is 0 Å². The molecule has 3 heteroatoms. The standard InChI is InChI=1S/C14H18N2O/c17-14(13-7-15-8-13)10-16-6-5-11-3-1-2-4-12(11)9-16/h1-4,13,15H,5-10H2. The average molecular weight is 230 g/mol. The Morgan fingerprint density at radius 2 is 2.06 bits per heavy atom. The normalized spacial score (nSPS) is 20.7. The topological polar surface area (TPSA) is 32.3 Å². The van der Waals surface area contributed by atoms with Gasteiger partial charge in [-0.1, -0.05) is 24.3 Å². The third-order valence-corrected chi connectivity index (χ3v) is 3.83. The molecule has 1 aromatic carbocycles. The third-order valence-electron chi connectivity index (χ3n) is 3.83. The number of fused-ring (bicyclic) bond motifs is 1. The molecule has 17 heavy (non-hydrogen) atoms. The number of nitrogens with one attached hydrogen (secondary N) is 1. The summed E-state index contributed by atoms with van der Waals surface area (Å²) < 4.78 is 0. The van der Waals surface area contributed by atoms with E-state index in [-0.39, 0.29) is 5.92 Å². The van der Waals surface area contributed by atoms with Crippen LogP contribution in [-0.2, 0) is 17.8 Å². The molecule has 0 radical (unpaired) electrons. The van der Waals surface area contributed by atoms with Crippen molar-refractivity contribution in [2.24, 2.45) is 5.92 Å². The Balaban J connectivity index is 1.62. The Bertz CT molecular complexity index is 426. The van der Waals surface area contributed by atoms with Crippen LogP contribution in [0, 0.1) is 5.92 Å². The van der Waals surface area contributed by atoms with Gasteiger partial charge in [-0.25, -0.2) is 0 Å². The van der Waals surface area contributed by atoms with Crippen LogP contribution in [0.4, 0.5) is 0 Å². The van der Waals surface area contributed by atoms with Crippen molar-refractivity contribution in [3.8, 4) is 0 Å². The van der Waals surface area contributed by atoms with Crippen molar-refractivity contribution in [3.05, 3.63) is 35.4 Å². The molecule has 1 saturated heterocycles. The van der Waals surface area contributed by atoms with Crippen LogP contribution < -0.4 is 5.32 Å². The molecule has 0 aliphatic carbocycles. The summed E-state index contributed by atoms with van der Waals surface area (Å²) in [5, 5.41) is 3.16. The second-order valence-corrected chi connectivity index (χ2v) is 5.05. The Hall–Kier alpha value is -1.19. The minimum absolute atomic E-state index is 0.271. The van der Waals surface area contributed by atoms with Gasteiger partial charge in [0.2, 0.25) is 0 Å². The van der Waals surface area contributed by atoms with Gasteiger partial charge in [0.1, 0.15) is 0 Å². The van der Waals surface area contributed by atoms with Gasteiger partial charge in [-0.05, 0) is 17.5 Å². The molecule has 2 aliphatic rings. The maximum Gasteiger partial charge on any atom is 0.152 e. The first-order chi connectivity index (χ1) is 8.33. The maximum atomic E-state index is 11.9. The number of Topliss-reactive ketones (excluding diaryl/α,β-unsaturated/α-hetero) is 1. The number of carbonyl (C=O) groups is 1. The minimum atomic E-state index is 0.271. The number of ketones is 1. The molecule has 2 heterocycles. The molecule has 1 aromatic rings. The van der Waals surface area contributed by atoms with E-state index in [2.05, 4.69) is 34.5 Å². The maximum absolute atomic E-state index is 11.9. The Morgan fingerprint density at radius 3 is 2.76 bits per heavy atom. The zero-order chi connectivity index (χ0) is 11.7. The van der Waals surface area contributed by atoms with Crippen molar-refractivity contribution in [2.45, 2.75) is 13.0 Å². The van der Waals surface area contributed by atoms with Crippen LogP contribution in [-0.4, -0.2) is 36.9 Å². The van der Waals surface area contributed by atoms with E-state index in [9.17, 15) is 4.79 Å². The van der Waals surface area contributed by atoms with Crippen molar-refractivity contribution in [1.29, 1.82) is 0 Å². The first kappa shape index (κ1) is 10.9. The highest BCUT2D eigenvalue weighted by atomic mass is 16.1. The number of carbonyl (C=O) groups excluding carboxylic acids is 1. The number of rotatable bonds is 3. The molecule has 0 atom stereocenters. The molecular weight excluding hydrogens is 212 g/mol. The quantitative estimate of drug-likeness (QED) is 0.835. The predicted molar refractivity (Wildman–Crippen MR) is 66.8 cm³/mol. The lowest BCUT2D eigenvalue weighted by Crippen LogP contribution is -2.50. The molecule has 0 bridgehead atoms. The molecule has 1 fully saturated rings. The van der Waals surface area contributed by atoms with E-state index in [4.69, 9.17) is 0 Å². The van der Waals surface area contributed by atoms with Crippen molar-refractivity contribution in [2.75, 3.05) is 26.2 Å².